The fourth-order valence-electron chi connectivity index (χ4n) is 5.54. The molecule has 1 aromatic rings. The zero-order chi connectivity index (χ0) is 14.6. The van der Waals surface area contributed by atoms with Crippen LogP contribution in [0.4, 0.5) is 0 Å². The van der Waals surface area contributed by atoms with Gasteiger partial charge in [0, 0.05) is 31.0 Å². The average molecular weight is 299 g/mol. The molecule has 3 aliphatic heterocycles. The summed E-state index contributed by atoms with van der Waals surface area (Å²) in [6, 6.07) is 10.2. The van der Waals surface area contributed by atoms with E-state index in [4.69, 9.17) is 9.47 Å². The lowest BCUT2D eigenvalue weighted by atomic mass is 9.69. The lowest BCUT2D eigenvalue weighted by Gasteiger charge is -2.57. The molecule has 5 rings (SSSR count). The number of rotatable bonds is 0. The molecule has 0 radical (unpaired) electrons. The van der Waals surface area contributed by atoms with Crippen molar-refractivity contribution < 1.29 is 9.47 Å². The molecular formula is C19H25NO2. The molecule has 118 valence electrons. The molecule has 3 heterocycles. The summed E-state index contributed by atoms with van der Waals surface area (Å²) < 4.78 is 12.5. The molecule has 22 heavy (non-hydrogen) atoms. The van der Waals surface area contributed by atoms with E-state index in [-0.39, 0.29) is 5.79 Å². The van der Waals surface area contributed by atoms with Crippen molar-refractivity contribution in [3.05, 3.63) is 35.4 Å². The van der Waals surface area contributed by atoms with Gasteiger partial charge in [0.05, 0.1) is 13.2 Å². The smallest absolute Gasteiger partial charge is 0.174 e. The van der Waals surface area contributed by atoms with Crippen molar-refractivity contribution in [3.63, 3.8) is 0 Å². The van der Waals surface area contributed by atoms with E-state index in [0.717, 1.165) is 19.6 Å². The van der Waals surface area contributed by atoms with E-state index < -0.39 is 0 Å². The molecule has 3 unspecified atom stereocenters. The maximum atomic E-state index is 6.27. The standard InChI is InChI=1S/C19H25NO2/c1-2-6-15-14(5-1)9-10-20-17-8-4-3-7-16(17)19(13-18(15)20)21-11-12-22-19/h1-2,5-6,16-18H,3-4,7-13H2. The van der Waals surface area contributed by atoms with Gasteiger partial charge in [-0.2, -0.15) is 0 Å². The topological polar surface area (TPSA) is 21.7 Å². The molecule has 0 aromatic heterocycles. The van der Waals surface area contributed by atoms with E-state index in [0.29, 0.717) is 18.0 Å². The Morgan fingerprint density at radius 1 is 1.05 bits per heavy atom. The number of hydrogen-bond donors (Lipinski definition) is 0. The van der Waals surface area contributed by atoms with Crippen molar-refractivity contribution in [2.24, 2.45) is 5.92 Å². The normalized spacial score (nSPS) is 36.6. The van der Waals surface area contributed by atoms with E-state index in [2.05, 4.69) is 29.2 Å². The summed E-state index contributed by atoms with van der Waals surface area (Å²) in [6.45, 7) is 2.76. The van der Waals surface area contributed by atoms with E-state index in [1.165, 1.54) is 49.8 Å². The Morgan fingerprint density at radius 3 is 2.77 bits per heavy atom. The van der Waals surface area contributed by atoms with Crippen molar-refractivity contribution >= 4 is 0 Å². The highest BCUT2D eigenvalue weighted by molar-refractivity contribution is 5.34. The second kappa shape index (κ2) is 5.05. The van der Waals surface area contributed by atoms with Gasteiger partial charge in [-0.3, -0.25) is 4.90 Å². The van der Waals surface area contributed by atoms with Crippen molar-refractivity contribution in [1.82, 2.24) is 4.90 Å². The molecular weight excluding hydrogens is 274 g/mol. The molecule has 1 aromatic carbocycles. The number of nitrogens with zero attached hydrogens (tertiary/aromatic N) is 1. The van der Waals surface area contributed by atoms with Crippen molar-refractivity contribution in [2.75, 3.05) is 19.8 Å². The summed E-state index contributed by atoms with van der Waals surface area (Å²) in [5.41, 5.74) is 3.06. The lowest BCUT2D eigenvalue weighted by molar-refractivity contribution is -0.255. The largest absolute Gasteiger partial charge is 0.347 e. The van der Waals surface area contributed by atoms with E-state index in [1.807, 2.05) is 0 Å². The zero-order valence-electron chi connectivity index (χ0n) is 13.2. The quantitative estimate of drug-likeness (QED) is 0.734. The molecule has 0 amide bonds. The third kappa shape index (κ3) is 1.85. The number of ether oxygens (including phenoxy) is 2. The van der Waals surface area contributed by atoms with Crippen molar-refractivity contribution in [2.45, 2.75) is 56.4 Å². The minimum Gasteiger partial charge on any atom is -0.347 e. The van der Waals surface area contributed by atoms with Crippen LogP contribution in [0.15, 0.2) is 24.3 Å². The average Bonchev–Trinajstić information content (AvgIpc) is 3.04. The highest BCUT2D eigenvalue weighted by Crippen LogP contribution is 2.53. The maximum absolute atomic E-state index is 6.27. The van der Waals surface area contributed by atoms with Crippen LogP contribution in [-0.2, 0) is 15.9 Å². The van der Waals surface area contributed by atoms with Gasteiger partial charge in [-0.05, 0) is 30.4 Å². The number of piperidine rings is 1. The van der Waals surface area contributed by atoms with Gasteiger partial charge in [-0.15, -0.1) is 0 Å². The van der Waals surface area contributed by atoms with Crippen LogP contribution in [0.5, 0.6) is 0 Å². The van der Waals surface area contributed by atoms with E-state index >= 15 is 0 Å². The summed E-state index contributed by atoms with van der Waals surface area (Å²) in [6.07, 6.45) is 7.51. The summed E-state index contributed by atoms with van der Waals surface area (Å²) in [5, 5.41) is 0. The van der Waals surface area contributed by atoms with Crippen molar-refractivity contribution in [3.8, 4) is 0 Å². The molecule has 0 N–H and O–H groups in total. The van der Waals surface area contributed by atoms with Gasteiger partial charge in [0.2, 0.25) is 0 Å². The molecule has 3 atom stereocenters. The highest BCUT2D eigenvalue weighted by Gasteiger charge is 2.56. The SMILES string of the molecule is c1ccc2c(c1)CCN1C2CC2(OCCO2)C2CCCCC21. The first-order valence-electron chi connectivity index (χ1n) is 8.99. The van der Waals surface area contributed by atoms with Crippen LogP contribution in [0.1, 0.15) is 49.3 Å². The lowest BCUT2D eigenvalue weighted by Crippen LogP contribution is -2.61. The van der Waals surface area contributed by atoms with Gasteiger partial charge in [0.15, 0.2) is 5.79 Å². The molecule has 4 aliphatic rings. The first-order chi connectivity index (χ1) is 10.9. The first-order valence-corrected chi connectivity index (χ1v) is 8.99. The Bertz CT molecular complexity index is 566. The third-order valence-corrected chi connectivity index (χ3v) is 6.43. The highest BCUT2D eigenvalue weighted by atomic mass is 16.7. The number of hydrogen-bond acceptors (Lipinski definition) is 3. The molecule has 1 spiro atoms. The van der Waals surface area contributed by atoms with Gasteiger partial charge < -0.3 is 9.47 Å². The van der Waals surface area contributed by atoms with Gasteiger partial charge in [-0.1, -0.05) is 37.1 Å². The van der Waals surface area contributed by atoms with Crippen LogP contribution < -0.4 is 0 Å². The Balaban J connectivity index is 1.58. The summed E-state index contributed by atoms with van der Waals surface area (Å²) in [5.74, 6) is 0.279. The van der Waals surface area contributed by atoms with Gasteiger partial charge in [0.1, 0.15) is 0 Å². The number of benzene rings is 1. The third-order valence-electron chi connectivity index (χ3n) is 6.43. The van der Waals surface area contributed by atoms with Gasteiger partial charge in [-0.25, -0.2) is 0 Å². The van der Waals surface area contributed by atoms with Crippen LogP contribution in [-0.4, -0.2) is 36.5 Å². The Hall–Kier alpha value is -0.900. The first kappa shape index (κ1) is 13.5. The molecule has 3 heteroatoms. The Labute approximate surface area is 132 Å². The maximum Gasteiger partial charge on any atom is 0.174 e. The second-order valence-corrected chi connectivity index (χ2v) is 7.37. The minimum absolute atomic E-state index is 0.295. The van der Waals surface area contributed by atoms with Crippen LogP contribution in [0.3, 0.4) is 0 Å². The number of fused-ring (bicyclic) bond motifs is 6. The summed E-state index contributed by atoms with van der Waals surface area (Å²) in [4.78, 5) is 2.79. The molecule has 2 saturated heterocycles. The Kier molecular flexibility index (Phi) is 3.11. The molecule has 1 saturated carbocycles. The van der Waals surface area contributed by atoms with Crippen LogP contribution >= 0.6 is 0 Å². The van der Waals surface area contributed by atoms with E-state index in [1.54, 1.807) is 0 Å². The molecule has 0 bridgehead atoms. The summed E-state index contributed by atoms with van der Waals surface area (Å²) in [7, 11) is 0. The van der Waals surface area contributed by atoms with Gasteiger partial charge >= 0.3 is 0 Å². The monoisotopic (exact) mass is 299 g/mol. The van der Waals surface area contributed by atoms with Crippen molar-refractivity contribution in [1.29, 1.82) is 0 Å². The van der Waals surface area contributed by atoms with Crippen LogP contribution in [0, 0.1) is 5.92 Å². The Morgan fingerprint density at radius 2 is 1.86 bits per heavy atom. The summed E-state index contributed by atoms with van der Waals surface area (Å²) >= 11 is 0. The fraction of sp³-hybridized carbons (Fsp3) is 0.684. The van der Waals surface area contributed by atoms with Crippen LogP contribution in [0.25, 0.3) is 0 Å². The predicted molar refractivity (Wildman–Crippen MR) is 84.6 cm³/mol. The fourth-order valence-corrected chi connectivity index (χ4v) is 5.54. The zero-order valence-corrected chi connectivity index (χ0v) is 13.2. The van der Waals surface area contributed by atoms with E-state index in [9.17, 15) is 0 Å². The molecule has 1 aliphatic carbocycles. The molecule has 3 fully saturated rings. The predicted octanol–water partition coefficient (Wildman–Crippen LogP) is 3.29. The minimum atomic E-state index is -0.295. The second-order valence-electron chi connectivity index (χ2n) is 7.37. The molecule has 3 nitrogen and oxygen atoms in total. The van der Waals surface area contributed by atoms with Crippen LogP contribution in [0.2, 0.25) is 0 Å². The van der Waals surface area contributed by atoms with Gasteiger partial charge in [0.25, 0.3) is 0 Å².